The molecule has 3 N–H and O–H groups in total. The lowest BCUT2D eigenvalue weighted by Gasteiger charge is -2.32. The van der Waals surface area contributed by atoms with E-state index >= 15 is 0 Å². The first-order valence-corrected chi connectivity index (χ1v) is 10.1. The summed E-state index contributed by atoms with van der Waals surface area (Å²) in [6.45, 7) is -0.166. The molecule has 1 fully saturated rings. The highest BCUT2D eigenvalue weighted by Crippen LogP contribution is 2.31. The second-order valence-corrected chi connectivity index (χ2v) is 7.24. The Balaban J connectivity index is 0.00000132. The van der Waals surface area contributed by atoms with Crippen LogP contribution in [0.15, 0.2) is 60.7 Å². The Kier molecular flexibility index (Phi) is 8.14. The third-order valence-corrected chi connectivity index (χ3v) is 4.99. The van der Waals surface area contributed by atoms with E-state index in [1.54, 1.807) is 6.07 Å². The maximum atomic E-state index is 13.5. The third-order valence-electron chi connectivity index (χ3n) is 4.99. The van der Waals surface area contributed by atoms with Gasteiger partial charge in [0.05, 0.1) is 18.8 Å². The molecule has 3 unspecified atom stereocenters. The van der Waals surface area contributed by atoms with Crippen molar-refractivity contribution < 1.29 is 29.2 Å². The van der Waals surface area contributed by atoms with Crippen LogP contribution in [0.4, 0.5) is 4.39 Å². The highest BCUT2D eigenvalue weighted by Gasteiger charge is 2.29. The number of benzene rings is 3. The summed E-state index contributed by atoms with van der Waals surface area (Å²) in [6.07, 6.45) is 2.73. The minimum atomic E-state index is -0.654. The lowest BCUT2D eigenvalue weighted by molar-refractivity contribution is -0.184. The molecule has 0 radical (unpaired) electrons. The van der Waals surface area contributed by atoms with Crippen molar-refractivity contribution in [3.63, 3.8) is 0 Å². The molecule has 3 aromatic carbocycles. The average Bonchev–Trinajstić information content (AvgIpc) is 2.78. The Bertz CT molecular complexity index is 1020. The molecule has 0 saturated carbocycles. The fourth-order valence-electron chi connectivity index (χ4n) is 3.55. The quantitative estimate of drug-likeness (QED) is 0.538. The van der Waals surface area contributed by atoms with Crippen molar-refractivity contribution in [1.29, 1.82) is 0 Å². The van der Waals surface area contributed by atoms with Gasteiger partial charge in [0.2, 0.25) is 6.29 Å². The zero-order chi connectivity index (χ0) is 22.2. The Morgan fingerprint density at radius 2 is 1.74 bits per heavy atom. The van der Waals surface area contributed by atoms with E-state index in [-0.39, 0.29) is 12.4 Å². The molecule has 4 rings (SSSR count). The predicted octanol–water partition coefficient (Wildman–Crippen LogP) is 3.99. The molecule has 1 aliphatic heterocycles. The van der Waals surface area contributed by atoms with Gasteiger partial charge in [-0.1, -0.05) is 48.6 Å². The number of ether oxygens (including phenoxy) is 2. The summed E-state index contributed by atoms with van der Waals surface area (Å²) < 4.78 is 25.3. The van der Waals surface area contributed by atoms with Gasteiger partial charge < -0.3 is 24.8 Å². The van der Waals surface area contributed by atoms with Crippen molar-refractivity contribution in [3.05, 3.63) is 77.6 Å². The molecule has 0 amide bonds. The number of aliphatic hydroxyl groups is 3. The molecular formula is C25H27FO5. The highest BCUT2D eigenvalue weighted by molar-refractivity contribution is 5.88. The number of hydrogen-bond donors (Lipinski definition) is 3. The van der Waals surface area contributed by atoms with Crippen LogP contribution in [-0.2, 0) is 4.74 Å². The van der Waals surface area contributed by atoms with Gasteiger partial charge in [-0.2, -0.15) is 0 Å². The zero-order valence-electron chi connectivity index (χ0n) is 17.3. The van der Waals surface area contributed by atoms with Crippen LogP contribution in [0.5, 0.6) is 5.75 Å². The molecule has 31 heavy (non-hydrogen) atoms. The molecule has 3 atom stereocenters. The van der Waals surface area contributed by atoms with Crippen molar-refractivity contribution in [2.24, 2.45) is 0 Å². The summed E-state index contributed by atoms with van der Waals surface area (Å²) in [7, 11) is 1.00. The smallest absolute Gasteiger partial charge is 0.202 e. The van der Waals surface area contributed by atoms with Crippen molar-refractivity contribution >= 4 is 22.9 Å². The molecule has 0 aromatic heterocycles. The molecule has 0 aliphatic carbocycles. The molecule has 1 heterocycles. The largest absolute Gasteiger partial charge is 0.464 e. The molecular weight excluding hydrogens is 399 g/mol. The van der Waals surface area contributed by atoms with Crippen molar-refractivity contribution in [1.82, 2.24) is 0 Å². The number of halogens is 1. The fraction of sp³-hybridized carbons (Fsp3) is 0.280. The standard InChI is InChI=1S/C24H23FO4.CH4O/c25-20-7-3-4-16(10-20)8-9-19-11-17-5-1-2-6-18(17)12-23(19)29-24-14-21(27)13-22(15-26)28-24;1-2/h1-12,21-22,24,26-27H,13-15H2;2H,1H3/b9-8+;. The summed E-state index contributed by atoms with van der Waals surface area (Å²) in [5.74, 6) is 0.314. The SMILES string of the molecule is CO.OCC1CC(O)CC(Oc2cc3ccccc3cc2/C=C/c2cccc(F)c2)O1. The molecule has 0 spiro atoms. The van der Waals surface area contributed by atoms with Crippen LogP contribution in [0.1, 0.15) is 24.0 Å². The van der Waals surface area contributed by atoms with E-state index in [0.717, 1.165) is 29.0 Å². The van der Waals surface area contributed by atoms with Crippen LogP contribution in [0.25, 0.3) is 22.9 Å². The van der Waals surface area contributed by atoms with Crippen LogP contribution in [0, 0.1) is 5.82 Å². The molecule has 1 aliphatic rings. The second-order valence-electron chi connectivity index (χ2n) is 7.24. The summed E-state index contributed by atoms with van der Waals surface area (Å²) in [4.78, 5) is 0. The minimum absolute atomic E-state index is 0.166. The maximum Gasteiger partial charge on any atom is 0.202 e. The first-order valence-electron chi connectivity index (χ1n) is 10.1. The molecule has 3 aromatic rings. The predicted molar refractivity (Wildman–Crippen MR) is 119 cm³/mol. The van der Waals surface area contributed by atoms with E-state index in [1.807, 2.05) is 54.6 Å². The summed E-state index contributed by atoms with van der Waals surface area (Å²) in [5.41, 5.74) is 1.56. The second kappa shape index (κ2) is 11.0. The van der Waals surface area contributed by atoms with Gasteiger partial charge in [-0.15, -0.1) is 0 Å². The minimum Gasteiger partial charge on any atom is -0.464 e. The molecule has 164 valence electrons. The maximum absolute atomic E-state index is 13.5. The first kappa shape index (κ1) is 22.9. The van der Waals surface area contributed by atoms with Gasteiger partial charge in [0.1, 0.15) is 11.6 Å². The first-order chi connectivity index (χ1) is 15.1. The number of fused-ring (bicyclic) bond motifs is 1. The number of rotatable bonds is 5. The Morgan fingerprint density at radius 1 is 1.00 bits per heavy atom. The highest BCUT2D eigenvalue weighted by atomic mass is 19.1. The Morgan fingerprint density at radius 3 is 2.45 bits per heavy atom. The van der Waals surface area contributed by atoms with E-state index in [0.29, 0.717) is 18.6 Å². The van der Waals surface area contributed by atoms with Gasteiger partial charge in [0, 0.05) is 25.5 Å². The van der Waals surface area contributed by atoms with Gasteiger partial charge in [-0.05, 0) is 40.6 Å². The third kappa shape index (κ3) is 6.12. The van der Waals surface area contributed by atoms with Crippen LogP contribution in [0.2, 0.25) is 0 Å². The van der Waals surface area contributed by atoms with Gasteiger partial charge in [0.25, 0.3) is 0 Å². The molecule has 5 nitrogen and oxygen atoms in total. The van der Waals surface area contributed by atoms with Gasteiger partial charge in [-0.25, -0.2) is 4.39 Å². The molecule has 6 heteroatoms. The van der Waals surface area contributed by atoms with Crippen LogP contribution in [-0.4, -0.2) is 47.5 Å². The van der Waals surface area contributed by atoms with Gasteiger partial charge in [0.15, 0.2) is 0 Å². The fourth-order valence-corrected chi connectivity index (χ4v) is 3.55. The van der Waals surface area contributed by atoms with Gasteiger partial charge in [-0.3, -0.25) is 0 Å². The topological polar surface area (TPSA) is 79.2 Å². The Hall–Kier alpha value is -2.77. The monoisotopic (exact) mass is 426 g/mol. The van der Waals surface area contributed by atoms with E-state index in [4.69, 9.17) is 14.6 Å². The zero-order valence-corrected chi connectivity index (χ0v) is 17.3. The molecule has 1 saturated heterocycles. The summed E-state index contributed by atoms with van der Waals surface area (Å²) in [5, 5.41) is 28.5. The van der Waals surface area contributed by atoms with E-state index < -0.39 is 18.5 Å². The van der Waals surface area contributed by atoms with Gasteiger partial charge >= 0.3 is 0 Å². The summed E-state index contributed by atoms with van der Waals surface area (Å²) >= 11 is 0. The van der Waals surface area contributed by atoms with E-state index in [2.05, 4.69) is 0 Å². The van der Waals surface area contributed by atoms with Crippen molar-refractivity contribution in [3.8, 4) is 5.75 Å². The van der Waals surface area contributed by atoms with Crippen molar-refractivity contribution in [2.75, 3.05) is 13.7 Å². The molecule has 0 bridgehead atoms. The Labute approximate surface area is 181 Å². The number of hydrogen-bond acceptors (Lipinski definition) is 5. The normalized spacial score (nSPS) is 21.0. The van der Waals surface area contributed by atoms with Crippen molar-refractivity contribution in [2.45, 2.75) is 31.3 Å². The average molecular weight is 426 g/mol. The van der Waals surface area contributed by atoms with Crippen LogP contribution < -0.4 is 4.74 Å². The van der Waals surface area contributed by atoms with E-state index in [9.17, 15) is 14.6 Å². The number of aliphatic hydroxyl groups excluding tert-OH is 3. The van der Waals surface area contributed by atoms with Crippen LogP contribution in [0.3, 0.4) is 0 Å². The van der Waals surface area contributed by atoms with E-state index in [1.165, 1.54) is 12.1 Å². The lowest BCUT2D eigenvalue weighted by atomic mass is 10.0. The lowest BCUT2D eigenvalue weighted by Crippen LogP contribution is -2.40. The summed E-state index contributed by atoms with van der Waals surface area (Å²) in [6, 6.07) is 18.2. The van der Waals surface area contributed by atoms with Crippen LogP contribution >= 0.6 is 0 Å².